The highest BCUT2D eigenvalue weighted by Crippen LogP contribution is 2.44. The number of benzene rings is 2. The second-order valence-electron chi connectivity index (χ2n) is 8.04. The molecule has 30 heavy (non-hydrogen) atoms. The van der Waals surface area contributed by atoms with Crippen LogP contribution in [0.5, 0.6) is 11.5 Å². The third-order valence-electron chi connectivity index (χ3n) is 5.43. The van der Waals surface area contributed by atoms with E-state index in [9.17, 15) is 13.5 Å². The molecule has 0 spiro atoms. The molecule has 3 rings (SSSR count). The molecule has 1 unspecified atom stereocenters. The van der Waals surface area contributed by atoms with Gasteiger partial charge in [0, 0.05) is 18.6 Å². The van der Waals surface area contributed by atoms with E-state index >= 15 is 0 Å². The van der Waals surface area contributed by atoms with Gasteiger partial charge in [0.1, 0.15) is 23.7 Å². The van der Waals surface area contributed by atoms with Crippen LogP contribution in [-0.4, -0.2) is 36.5 Å². The highest BCUT2D eigenvalue weighted by atomic mass is 32.2. The van der Waals surface area contributed by atoms with Gasteiger partial charge in [-0.2, -0.15) is 8.42 Å². The molecule has 0 amide bonds. The van der Waals surface area contributed by atoms with E-state index in [1.54, 1.807) is 0 Å². The zero-order valence-electron chi connectivity index (χ0n) is 18.4. The van der Waals surface area contributed by atoms with E-state index in [0.29, 0.717) is 19.3 Å². The molecule has 1 heterocycles. The molecule has 1 aliphatic heterocycles. The van der Waals surface area contributed by atoms with Crippen LogP contribution in [0.1, 0.15) is 47.6 Å². The average molecular weight is 437 g/mol. The van der Waals surface area contributed by atoms with E-state index < -0.39 is 10.1 Å². The highest BCUT2D eigenvalue weighted by Gasteiger charge is 2.34. The van der Waals surface area contributed by atoms with Crippen molar-refractivity contribution in [3.05, 3.63) is 58.1 Å². The molecule has 0 saturated carbocycles. The molecule has 7 heteroatoms. The van der Waals surface area contributed by atoms with Gasteiger partial charge in [-0.3, -0.25) is 4.55 Å². The molecule has 1 atom stereocenters. The predicted octanol–water partition coefficient (Wildman–Crippen LogP) is 4.16. The van der Waals surface area contributed by atoms with Crippen LogP contribution in [0.25, 0.3) is 0 Å². The zero-order valence-corrected chi connectivity index (χ0v) is 19.2. The van der Waals surface area contributed by atoms with Crippen LogP contribution in [0.15, 0.2) is 30.3 Å². The van der Waals surface area contributed by atoms with Gasteiger partial charge in [-0.1, -0.05) is 30.3 Å². The Hall–Kier alpha value is -2.09. The first-order valence-corrected chi connectivity index (χ1v) is 11.8. The normalized spacial score (nSPS) is 18.0. The first-order valence-electron chi connectivity index (χ1n) is 9.97. The summed E-state index contributed by atoms with van der Waals surface area (Å²) in [5.74, 6) is 1.97. The second-order valence-corrected chi connectivity index (χ2v) is 9.51. The smallest absolute Gasteiger partial charge is 0.261 e. The molecule has 0 saturated heterocycles. The van der Waals surface area contributed by atoms with Crippen LogP contribution in [0.2, 0.25) is 0 Å². The maximum atomic E-state index is 9.33. The van der Waals surface area contributed by atoms with E-state index in [2.05, 4.69) is 39.8 Å². The van der Waals surface area contributed by atoms with Crippen molar-refractivity contribution >= 4 is 10.1 Å². The van der Waals surface area contributed by atoms with Crippen molar-refractivity contribution in [1.82, 2.24) is 0 Å². The van der Waals surface area contributed by atoms with Gasteiger partial charge < -0.3 is 14.6 Å². The van der Waals surface area contributed by atoms with E-state index in [-0.39, 0.29) is 12.2 Å². The molecule has 6 nitrogen and oxygen atoms in total. The third-order valence-corrected chi connectivity index (χ3v) is 5.43. The summed E-state index contributed by atoms with van der Waals surface area (Å²) in [7, 11) is -3.67. The SMILES string of the molecule is CS(=O)(=O)O.Cc1c(C)c2c(c(C)c1OCc1ccccc1)CCC(C)(CCO)O2. The summed E-state index contributed by atoms with van der Waals surface area (Å²) in [5.41, 5.74) is 5.61. The van der Waals surface area contributed by atoms with Gasteiger partial charge >= 0.3 is 0 Å². The van der Waals surface area contributed by atoms with Crippen molar-refractivity contribution in [1.29, 1.82) is 0 Å². The molecule has 0 aromatic heterocycles. The van der Waals surface area contributed by atoms with Crippen LogP contribution < -0.4 is 9.47 Å². The van der Waals surface area contributed by atoms with Gasteiger partial charge in [0.15, 0.2) is 0 Å². The largest absolute Gasteiger partial charge is 0.488 e. The van der Waals surface area contributed by atoms with Crippen LogP contribution >= 0.6 is 0 Å². The molecule has 1 aliphatic rings. The van der Waals surface area contributed by atoms with Crippen molar-refractivity contribution in [3.8, 4) is 11.5 Å². The first kappa shape index (κ1) is 24.2. The number of aliphatic hydroxyl groups is 1. The molecule has 166 valence electrons. The molecule has 2 N–H and O–H groups in total. The topological polar surface area (TPSA) is 93.1 Å². The van der Waals surface area contributed by atoms with Crippen LogP contribution in [0.4, 0.5) is 0 Å². The molecule has 0 radical (unpaired) electrons. The summed E-state index contributed by atoms with van der Waals surface area (Å²) in [6.07, 6.45) is 3.26. The summed E-state index contributed by atoms with van der Waals surface area (Å²) < 4.78 is 38.4. The van der Waals surface area contributed by atoms with E-state index in [4.69, 9.17) is 14.0 Å². The van der Waals surface area contributed by atoms with Crippen molar-refractivity contribution in [2.45, 2.75) is 59.2 Å². The lowest BCUT2D eigenvalue weighted by molar-refractivity contribution is 0.0377. The molecule has 0 aliphatic carbocycles. The zero-order chi connectivity index (χ0) is 22.5. The summed E-state index contributed by atoms with van der Waals surface area (Å²) in [5, 5.41) is 9.33. The molecule has 0 fully saturated rings. The van der Waals surface area contributed by atoms with Crippen molar-refractivity contribution in [2.24, 2.45) is 0 Å². The van der Waals surface area contributed by atoms with Gasteiger partial charge in [-0.05, 0) is 62.8 Å². The molecule has 0 bridgehead atoms. The lowest BCUT2D eigenvalue weighted by Crippen LogP contribution is -2.38. The minimum Gasteiger partial charge on any atom is -0.488 e. The summed E-state index contributed by atoms with van der Waals surface area (Å²) in [4.78, 5) is 0. The Kier molecular flexibility index (Phi) is 7.91. The number of ether oxygens (including phenoxy) is 2. The predicted molar refractivity (Wildman–Crippen MR) is 118 cm³/mol. The number of hydrogen-bond acceptors (Lipinski definition) is 5. The van der Waals surface area contributed by atoms with Gasteiger partial charge in [0.2, 0.25) is 0 Å². The van der Waals surface area contributed by atoms with E-state index in [1.165, 1.54) is 16.7 Å². The second kappa shape index (κ2) is 9.81. The van der Waals surface area contributed by atoms with E-state index in [0.717, 1.165) is 35.5 Å². The van der Waals surface area contributed by atoms with Crippen LogP contribution in [-0.2, 0) is 23.1 Å². The fraction of sp³-hybridized carbons (Fsp3) is 0.478. The van der Waals surface area contributed by atoms with Gasteiger partial charge in [-0.25, -0.2) is 0 Å². The quantitative estimate of drug-likeness (QED) is 0.684. The lowest BCUT2D eigenvalue weighted by Gasteiger charge is -2.38. The van der Waals surface area contributed by atoms with Crippen molar-refractivity contribution < 1.29 is 27.6 Å². The van der Waals surface area contributed by atoms with Gasteiger partial charge in [0.25, 0.3) is 10.1 Å². The monoisotopic (exact) mass is 436 g/mol. The fourth-order valence-corrected chi connectivity index (χ4v) is 3.64. The number of fused-ring (bicyclic) bond motifs is 1. The molecule has 2 aromatic rings. The Morgan fingerprint density at radius 1 is 1.10 bits per heavy atom. The standard InChI is InChI=1S/C22H28O3.CH4O3S/c1-15-16(2)21-19(10-11-22(4,25-21)12-13-23)17(3)20(15)24-14-18-8-6-5-7-9-18;1-5(2,3)4/h5-9,23H,10-14H2,1-4H3;1H3,(H,2,3,4). The third kappa shape index (κ3) is 6.45. The Morgan fingerprint density at radius 3 is 2.27 bits per heavy atom. The van der Waals surface area contributed by atoms with Gasteiger partial charge in [0.05, 0.1) is 6.26 Å². The molecular weight excluding hydrogens is 404 g/mol. The molecular formula is C23H32O6S. The first-order chi connectivity index (χ1) is 13.9. The number of hydrogen-bond donors (Lipinski definition) is 2. The summed E-state index contributed by atoms with van der Waals surface area (Å²) in [6.45, 7) is 9.16. The van der Waals surface area contributed by atoms with Crippen LogP contribution in [0, 0.1) is 20.8 Å². The minimum atomic E-state index is -3.67. The average Bonchev–Trinajstić information content (AvgIpc) is 2.66. The Morgan fingerprint density at radius 2 is 1.70 bits per heavy atom. The lowest BCUT2D eigenvalue weighted by atomic mass is 9.86. The van der Waals surface area contributed by atoms with Gasteiger partial charge in [-0.15, -0.1) is 0 Å². The number of aliphatic hydroxyl groups excluding tert-OH is 1. The summed E-state index contributed by atoms with van der Waals surface area (Å²) in [6, 6.07) is 10.3. The number of rotatable bonds is 5. The maximum Gasteiger partial charge on any atom is 0.261 e. The molecule has 2 aromatic carbocycles. The fourth-order valence-electron chi connectivity index (χ4n) is 3.64. The maximum absolute atomic E-state index is 9.33. The van der Waals surface area contributed by atoms with Crippen LogP contribution in [0.3, 0.4) is 0 Å². The Labute approximate surface area is 179 Å². The van der Waals surface area contributed by atoms with Crippen molar-refractivity contribution in [2.75, 3.05) is 12.9 Å². The van der Waals surface area contributed by atoms with E-state index in [1.807, 2.05) is 18.2 Å². The summed E-state index contributed by atoms with van der Waals surface area (Å²) >= 11 is 0. The Bertz CT molecular complexity index is 961. The Balaban J connectivity index is 0.000000575. The minimum absolute atomic E-state index is 0.154. The highest BCUT2D eigenvalue weighted by molar-refractivity contribution is 7.85. The van der Waals surface area contributed by atoms with Crippen molar-refractivity contribution in [3.63, 3.8) is 0 Å².